The van der Waals surface area contributed by atoms with Gasteiger partial charge in [0.2, 0.25) is 0 Å². The van der Waals surface area contributed by atoms with E-state index in [0.717, 1.165) is 12.0 Å². The van der Waals surface area contributed by atoms with E-state index in [1.54, 1.807) is 7.11 Å². The molecule has 0 unspecified atom stereocenters. The summed E-state index contributed by atoms with van der Waals surface area (Å²) in [5.74, 6) is 0.0796. The number of ether oxygens (including phenoxy) is 2. The van der Waals surface area contributed by atoms with Gasteiger partial charge in [-0.1, -0.05) is 31.2 Å². The molecule has 0 N–H and O–H groups in total. The summed E-state index contributed by atoms with van der Waals surface area (Å²) in [6, 6.07) is 7.82. The topological polar surface area (TPSA) is 35.5 Å². The maximum Gasteiger partial charge on any atom is 0.194 e. The Morgan fingerprint density at radius 2 is 1.89 bits per heavy atom. The number of carbonyl (C=O) groups is 1. The van der Waals surface area contributed by atoms with Crippen molar-refractivity contribution in [3.05, 3.63) is 35.4 Å². The third-order valence-electron chi connectivity index (χ3n) is 3.73. The number of hydrogen-bond donors (Lipinski definition) is 0. The van der Waals surface area contributed by atoms with Crippen LogP contribution in [0.25, 0.3) is 0 Å². The summed E-state index contributed by atoms with van der Waals surface area (Å²) >= 11 is 0. The van der Waals surface area contributed by atoms with Gasteiger partial charge in [-0.2, -0.15) is 0 Å². The Kier molecular flexibility index (Phi) is 4.15. The molecule has 1 saturated heterocycles. The van der Waals surface area contributed by atoms with Crippen LogP contribution in [0.15, 0.2) is 24.3 Å². The first-order valence-corrected chi connectivity index (χ1v) is 6.48. The predicted octanol–water partition coefficient (Wildman–Crippen LogP) is 2.63. The van der Waals surface area contributed by atoms with Gasteiger partial charge >= 0.3 is 0 Å². The van der Waals surface area contributed by atoms with Crippen molar-refractivity contribution in [2.45, 2.75) is 31.8 Å². The molecule has 1 aliphatic heterocycles. The Hall–Kier alpha value is -1.19. The van der Waals surface area contributed by atoms with E-state index in [1.807, 2.05) is 24.3 Å². The number of rotatable bonds is 4. The van der Waals surface area contributed by atoms with Crippen LogP contribution in [0, 0.1) is 0 Å². The zero-order chi connectivity index (χ0) is 13.0. The molecule has 3 heteroatoms. The first kappa shape index (κ1) is 13.2. The van der Waals surface area contributed by atoms with Gasteiger partial charge in [0.15, 0.2) is 5.78 Å². The van der Waals surface area contributed by atoms with E-state index in [9.17, 15) is 4.79 Å². The molecule has 1 heterocycles. The quantitative estimate of drug-likeness (QED) is 0.768. The Morgan fingerprint density at radius 3 is 2.39 bits per heavy atom. The van der Waals surface area contributed by atoms with Crippen molar-refractivity contribution >= 4 is 5.78 Å². The third kappa shape index (κ3) is 2.47. The van der Waals surface area contributed by atoms with Crippen LogP contribution in [0.5, 0.6) is 0 Å². The zero-order valence-corrected chi connectivity index (χ0v) is 11.1. The number of Topliss-reactive ketones (excluding diaryl/α,β-unsaturated/α-hetero) is 1. The van der Waals surface area contributed by atoms with E-state index in [0.29, 0.717) is 26.1 Å². The molecule has 0 bridgehead atoms. The summed E-state index contributed by atoms with van der Waals surface area (Å²) in [5.41, 5.74) is 1.28. The fraction of sp³-hybridized carbons (Fsp3) is 0.533. The van der Waals surface area contributed by atoms with Crippen molar-refractivity contribution in [2.24, 2.45) is 0 Å². The summed E-state index contributed by atoms with van der Waals surface area (Å²) in [5, 5.41) is 0. The first-order chi connectivity index (χ1) is 8.72. The molecular formula is C15H20O3. The fourth-order valence-electron chi connectivity index (χ4n) is 2.38. The highest BCUT2D eigenvalue weighted by molar-refractivity contribution is 6.02. The van der Waals surface area contributed by atoms with Crippen molar-refractivity contribution in [3.63, 3.8) is 0 Å². The normalized spacial score (nSPS) is 18.6. The minimum Gasteiger partial charge on any atom is -0.381 e. The van der Waals surface area contributed by atoms with Crippen molar-refractivity contribution in [3.8, 4) is 0 Å². The Labute approximate surface area is 108 Å². The van der Waals surface area contributed by atoms with Crippen LogP contribution in [0.3, 0.4) is 0 Å². The van der Waals surface area contributed by atoms with Crippen molar-refractivity contribution in [2.75, 3.05) is 20.3 Å². The number of ketones is 1. The van der Waals surface area contributed by atoms with Crippen LogP contribution in [-0.4, -0.2) is 31.7 Å². The van der Waals surface area contributed by atoms with Crippen LogP contribution in [0.2, 0.25) is 0 Å². The second kappa shape index (κ2) is 5.63. The molecule has 1 fully saturated rings. The number of methoxy groups -OCH3 is 1. The molecule has 98 valence electrons. The van der Waals surface area contributed by atoms with Crippen molar-refractivity contribution in [1.82, 2.24) is 0 Å². The van der Waals surface area contributed by atoms with E-state index in [1.165, 1.54) is 5.56 Å². The van der Waals surface area contributed by atoms with Crippen LogP contribution in [-0.2, 0) is 15.9 Å². The van der Waals surface area contributed by atoms with Gasteiger partial charge in [-0.15, -0.1) is 0 Å². The second-order valence-corrected chi connectivity index (χ2v) is 4.69. The lowest BCUT2D eigenvalue weighted by Gasteiger charge is -2.34. The molecular weight excluding hydrogens is 228 g/mol. The zero-order valence-electron chi connectivity index (χ0n) is 11.1. The number of hydrogen-bond acceptors (Lipinski definition) is 3. The van der Waals surface area contributed by atoms with Crippen molar-refractivity contribution in [1.29, 1.82) is 0 Å². The number of aryl methyl sites for hydroxylation is 1. The van der Waals surface area contributed by atoms with Crippen LogP contribution < -0.4 is 0 Å². The maximum absolute atomic E-state index is 12.6. The lowest BCUT2D eigenvalue weighted by molar-refractivity contribution is -0.0663. The van der Waals surface area contributed by atoms with Crippen LogP contribution >= 0.6 is 0 Å². The molecule has 3 nitrogen and oxygen atoms in total. The molecule has 0 amide bonds. The predicted molar refractivity (Wildman–Crippen MR) is 69.9 cm³/mol. The summed E-state index contributed by atoms with van der Waals surface area (Å²) in [7, 11) is 1.61. The van der Waals surface area contributed by atoms with Gasteiger partial charge in [-0.25, -0.2) is 0 Å². The van der Waals surface area contributed by atoms with Gasteiger partial charge in [-0.05, 0) is 12.0 Å². The highest BCUT2D eigenvalue weighted by Gasteiger charge is 2.40. The minimum atomic E-state index is -0.689. The smallest absolute Gasteiger partial charge is 0.194 e. The van der Waals surface area contributed by atoms with E-state index in [2.05, 4.69) is 6.92 Å². The second-order valence-electron chi connectivity index (χ2n) is 4.69. The van der Waals surface area contributed by atoms with E-state index >= 15 is 0 Å². The molecule has 1 aliphatic rings. The first-order valence-electron chi connectivity index (χ1n) is 6.48. The van der Waals surface area contributed by atoms with E-state index in [4.69, 9.17) is 9.47 Å². The Morgan fingerprint density at radius 1 is 1.28 bits per heavy atom. The van der Waals surface area contributed by atoms with Gasteiger partial charge in [0.25, 0.3) is 0 Å². The number of carbonyl (C=O) groups excluding carboxylic acids is 1. The molecule has 0 radical (unpaired) electrons. The molecule has 1 aromatic rings. The molecule has 0 spiro atoms. The molecule has 0 aromatic heterocycles. The summed E-state index contributed by atoms with van der Waals surface area (Å²) in [6.07, 6.45) is 2.26. The fourth-order valence-corrected chi connectivity index (χ4v) is 2.38. The summed E-state index contributed by atoms with van der Waals surface area (Å²) < 4.78 is 10.8. The third-order valence-corrected chi connectivity index (χ3v) is 3.73. The molecule has 1 aromatic carbocycles. The van der Waals surface area contributed by atoms with Gasteiger partial charge < -0.3 is 9.47 Å². The van der Waals surface area contributed by atoms with Crippen molar-refractivity contribution < 1.29 is 14.3 Å². The average Bonchev–Trinajstić information content (AvgIpc) is 2.47. The van der Waals surface area contributed by atoms with Crippen LogP contribution in [0.1, 0.15) is 35.7 Å². The Balaban J connectivity index is 2.22. The molecule has 0 atom stereocenters. The highest BCUT2D eigenvalue weighted by Crippen LogP contribution is 2.28. The summed E-state index contributed by atoms with van der Waals surface area (Å²) in [4.78, 5) is 12.6. The Bertz CT molecular complexity index is 402. The van der Waals surface area contributed by atoms with Gasteiger partial charge in [0, 0.05) is 38.7 Å². The SMILES string of the molecule is CCc1ccc(C(=O)C2(OC)CCOCC2)cc1. The molecule has 18 heavy (non-hydrogen) atoms. The minimum absolute atomic E-state index is 0.0796. The molecule has 0 aliphatic carbocycles. The van der Waals surface area contributed by atoms with Crippen LogP contribution in [0.4, 0.5) is 0 Å². The monoisotopic (exact) mass is 248 g/mol. The average molecular weight is 248 g/mol. The maximum atomic E-state index is 12.6. The molecule has 0 saturated carbocycles. The lowest BCUT2D eigenvalue weighted by atomic mass is 9.85. The van der Waals surface area contributed by atoms with E-state index in [-0.39, 0.29) is 5.78 Å². The highest BCUT2D eigenvalue weighted by atomic mass is 16.5. The lowest BCUT2D eigenvalue weighted by Crippen LogP contribution is -2.45. The number of benzene rings is 1. The standard InChI is InChI=1S/C15H20O3/c1-3-12-4-6-13(7-5-12)14(16)15(17-2)8-10-18-11-9-15/h4-7H,3,8-11H2,1-2H3. The van der Waals surface area contributed by atoms with E-state index < -0.39 is 5.60 Å². The summed E-state index contributed by atoms with van der Waals surface area (Å²) in [6.45, 7) is 3.28. The van der Waals surface area contributed by atoms with Gasteiger partial charge in [-0.3, -0.25) is 4.79 Å². The van der Waals surface area contributed by atoms with Gasteiger partial charge in [0.05, 0.1) is 0 Å². The van der Waals surface area contributed by atoms with Gasteiger partial charge in [0.1, 0.15) is 5.60 Å². The molecule has 2 rings (SSSR count). The largest absolute Gasteiger partial charge is 0.381 e.